The van der Waals surface area contributed by atoms with Crippen LogP contribution in [-0.4, -0.2) is 12.2 Å². The molecule has 3 atom stereocenters. The Morgan fingerprint density at radius 3 is 2.00 bits per heavy atom. The van der Waals surface area contributed by atoms with E-state index in [0.717, 1.165) is 5.92 Å². The molecule has 1 heteroatoms. The Hall–Kier alpha value is -0.0400. The minimum atomic E-state index is 0.491. The first-order chi connectivity index (χ1) is 3.70. The fraction of sp³-hybridized carbons (Fsp3) is 1.00. The first-order valence-electron chi connectivity index (χ1n) is 3.35. The van der Waals surface area contributed by atoms with Crippen molar-refractivity contribution in [2.45, 2.75) is 39.4 Å². The van der Waals surface area contributed by atoms with Gasteiger partial charge in [-0.25, -0.2) is 0 Å². The second-order valence-corrected chi connectivity index (χ2v) is 2.86. The molecule has 0 aromatic heterocycles. The molecule has 0 bridgehead atoms. The van der Waals surface area contributed by atoms with Gasteiger partial charge in [0.25, 0.3) is 0 Å². The van der Waals surface area contributed by atoms with E-state index in [4.69, 9.17) is 4.74 Å². The van der Waals surface area contributed by atoms with E-state index in [0.29, 0.717) is 12.2 Å². The van der Waals surface area contributed by atoms with E-state index in [2.05, 4.69) is 20.8 Å². The monoisotopic (exact) mass is 114 g/mol. The van der Waals surface area contributed by atoms with Crippen molar-refractivity contribution in [1.82, 2.24) is 0 Å². The zero-order chi connectivity index (χ0) is 6.15. The highest BCUT2D eigenvalue weighted by Gasteiger charge is 2.24. The van der Waals surface area contributed by atoms with E-state index >= 15 is 0 Å². The molecule has 0 aromatic rings. The van der Waals surface area contributed by atoms with Crippen molar-refractivity contribution in [3.8, 4) is 0 Å². The molecule has 0 aliphatic carbocycles. The average Bonchev–Trinajstić information content (AvgIpc) is 1.85. The second kappa shape index (κ2) is 2.06. The largest absolute Gasteiger partial charge is 0.375 e. The summed E-state index contributed by atoms with van der Waals surface area (Å²) in [5, 5.41) is 0. The smallest absolute Gasteiger partial charge is 0.0577 e. The molecule has 1 nitrogen and oxygen atoms in total. The normalized spacial score (nSPS) is 47.6. The molecule has 8 heavy (non-hydrogen) atoms. The molecule has 1 saturated heterocycles. The maximum atomic E-state index is 5.47. The molecular weight excluding hydrogens is 100 g/mol. The summed E-state index contributed by atoms with van der Waals surface area (Å²) in [6.07, 6.45) is 2.23. The van der Waals surface area contributed by atoms with Crippen molar-refractivity contribution >= 4 is 0 Å². The topological polar surface area (TPSA) is 9.23 Å². The van der Waals surface area contributed by atoms with Crippen LogP contribution in [0.5, 0.6) is 0 Å². The van der Waals surface area contributed by atoms with Gasteiger partial charge in [0.15, 0.2) is 0 Å². The minimum Gasteiger partial charge on any atom is -0.375 e. The van der Waals surface area contributed by atoms with Crippen LogP contribution in [0.1, 0.15) is 27.2 Å². The van der Waals surface area contributed by atoms with Gasteiger partial charge in [0.1, 0.15) is 0 Å². The van der Waals surface area contributed by atoms with Crippen molar-refractivity contribution in [2.24, 2.45) is 5.92 Å². The summed E-state index contributed by atoms with van der Waals surface area (Å²) in [6.45, 7) is 6.53. The molecule has 0 aromatic carbocycles. The van der Waals surface area contributed by atoms with Crippen molar-refractivity contribution in [3.05, 3.63) is 0 Å². The Kier molecular flexibility index (Phi) is 1.57. The van der Waals surface area contributed by atoms with Gasteiger partial charge in [0.05, 0.1) is 12.2 Å². The lowest BCUT2D eigenvalue weighted by Gasteiger charge is -2.05. The maximum absolute atomic E-state index is 5.47. The Morgan fingerprint density at radius 1 is 1.25 bits per heavy atom. The van der Waals surface area contributed by atoms with E-state index in [1.165, 1.54) is 6.42 Å². The predicted molar refractivity (Wildman–Crippen MR) is 33.8 cm³/mol. The molecule has 0 radical (unpaired) electrons. The van der Waals surface area contributed by atoms with Crippen molar-refractivity contribution in [1.29, 1.82) is 0 Å². The van der Waals surface area contributed by atoms with Gasteiger partial charge in [-0.2, -0.15) is 0 Å². The summed E-state index contributed by atoms with van der Waals surface area (Å²) in [7, 11) is 0. The highest BCUT2D eigenvalue weighted by atomic mass is 16.5. The lowest BCUT2D eigenvalue weighted by molar-refractivity contribution is 0.0580. The predicted octanol–water partition coefficient (Wildman–Crippen LogP) is 1.82. The summed E-state index contributed by atoms with van der Waals surface area (Å²) in [4.78, 5) is 0. The zero-order valence-electron chi connectivity index (χ0n) is 5.85. The first-order valence-corrected chi connectivity index (χ1v) is 3.35. The Labute approximate surface area is 51.0 Å². The van der Waals surface area contributed by atoms with E-state index in [1.807, 2.05) is 0 Å². The van der Waals surface area contributed by atoms with Crippen LogP contribution in [0.25, 0.3) is 0 Å². The van der Waals surface area contributed by atoms with Crippen molar-refractivity contribution in [2.75, 3.05) is 0 Å². The molecule has 1 heterocycles. The van der Waals surface area contributed by atoms with Crippen LogP contribution in [-0.2, 0) is 4.74 Å². The third-order valence-corrected chi connectivity index (χ3v) is 1.95. The molecule has 1 aliphatic rings. The molecule has 1 rings (SSSR count). The molecule has 1 unspecified atom stereocenters. The zero-order valence-corrected chi connectivity index (χ0v) is 5.85. The van der Waals surface area contributed by atoms with Gasteiger partial charge in [-0.15, -0.1) is 0 Å². The SMILES string of the molecule is CC1C[C@@H](C)[C@H](C)O1. The number of rotatable bonds is 0. The van der Waals surface area contributed by atoms with Crippen LogP contribution in [0.4, 0.5) is 0 Å². The standard InChI is InChI=1S/C7H14O/c1-5-4-6(2)8-7(5)3/h5-7H,4H2,1-3H3/t5-,6?,7+/m1/s1. The fourth-order valence-electron chi connectivity index (χ4n) is 1.27. The molecule has 48 valence electrons. The van der Waals surface area contributed by atoms with Crippen LogP contribution in [0.3, 0.4) is 0 Å². The fourth-order valence-corrected chi connectivity index (χ4v) is 1.27. The van der Waals surface area contributed by atoms with Gasteiger partial charge < -0.3 is 4.74 Å². The van der Waals surface area contributed by atoms with Gasteiger partial charge in [0.2, 0.25) is 0 Å². The summed E-state index contributed by atoms with van der Waals surface area (Å²) in [5.41, 5.74) is 0. The van der Waals surface area contributed by atoms with E-state index < -0.39 is 0 Å². The van der Waals surface area contributed by atoms with Crippen LogP contribution in [0.15, 0.2) is 0 Å². The van der Waals surface area contributed by atoms with E-state index in [9.17, 15) is 0 Å². The van der Waals surface area contributed by atoms with Crippen molar-refractivity contribution in [3.63, 3.8) is 0 Å². The minimum absolute atomic E-state index is 0.491. The van der Waals surface area contributed by atoms with Gasteiger partial charge in [-0.1, -0.05) is 6.92 Å². The van der Waals surface area contributed by atoms with Gasteiger partial charge in [-0.3, -0.25) is 0 Å². The lowest BCUT2D eigenvalue weighted by Crippen LogP contribution is -2.06. The highest BCUT2D eigenvalue weighted by molar-refractivity contribution is 4.72. The lowest BCUT2D eigenvalue weighted by atomic mass is 10.0. The van der Waals surface area contributed by atoms with Gasteiger partial charge in [0, 0.05) is 0 Å². The molecule has 0 amide bonds. The second-order valence-electron chi connectivity index (χ2n) is 2.86. The molecule has 1 fully saturated rings. The number of hydrogen-bond donors (Lipinski definition) is 0. The molecule has 0 spiro atoms. The quantitative estimate of drug-likeness (QED) is 0.466. The Balaban J connectivity index is 2.39. The summed E-state index contributed by atoms with van der Waals surface area (Å²) >= 11 is 0. The summed E-state index contributed by atoms with van der Waals surface area (Å²) in [6, 6.07) is 0. The van der Waals surface area contributed by atoms with Gasteiger partial charge in [-0.05, 0) is 26.2 Å². The Bertz CT molecular complexity index is 70.5. The van der Waals surface area contributed by atoms with Crippen LogP contribution < -0.4 is 0 Å². The van der Waals surface area contributed by atoms with E-state index in [1.54, 1.807) is 0 Å². The Morgan fingerprint density at radius 2 is 1.88 bits per heavy atom. The first kappa shape index (κ1) is 6.09. The van der Waals surface area contributed by atoms with E-state index in [-0.39, 0.29) is 0 Å². The van der Waals surface area contributed by atoms with Crippen LogP contribution in [0, 0.1) is 5.92 Å². The highest BCUT2D eigenvalue weighted by Crippen LogP contribution is 2.24. The summed E-state index contributed by atoms with van der Waals surface area (Å²) in [5.74, 6) is 0.769. The molecule has 0 N–H and O–H groups in total. The average molecular weight is 114 g/mol. The van der Waals surface area contributed by atoms with Crippen LogP contribution >= 0.6 is 0 Å². The molecule has 1 aliphatic heterocycles. The molecular formula is C7H14O. The third kappa shape index (κ3) is 1.03. The van der Waals surface area contributed by atoms with Crippen LogP contribution in [0.2, 0.25) is 0 Å². The van der Waals surface area contributed by atoms with Gasteiger partial charge >= 0.3 is 0 Å². The third-order valence-electron chi connectivity index (χ3n) is 1.95. The number of hydrogen-bond acceptors (Lipinski definition) is 1. The maximum Gasteiger partial charge on any atom is 0.0577 e. The summed E-state index contributed by atoms with van der Waals surface area (Å²) < 4.78 is 5.47. The van der Waals surface area contributed by atoms with Crippen molar-refractivity contribution < 1.29 is 4.74 Å². The molecule has 0 saturated carbocycles. The number of ether oxygens (including phenoxy) is 1.